The van der Waals surface area contributed by atoms with Crippen molar-refractivity contribution in [2.45, 2.75) is 20.5 Å². The van der Waals surface area contributed by atoms with Gasteiger partial charge < -0.3 is 0 Å². The summed E-state index contributed by atoms with van der Waals surface area (Å²) in [6, 6.07) is 0. The van der Waals surface area contributed by atoms with E-state index in [0.29, 0.717) is 0 Å². The number of hydrogen-bond acceptors (Lipinski definition) is 2. The van der Waals surface area contributed by atoms with Crippen molar-refractivity contribution in [1.82, 2.24) is 9.78 Å². The Balaban J connectivity index is 0.00000196. The van der Waals surface area contributed by atoms with Gasteiger partial charge in [0.25, 0.3) is 0 Å². The summed E-state index contributed by atoms with van der Waals surface area (Å²) < 4.78 is 37.8. The Kier molecular flexibility index (Phi) is 3.93. The molecule has 0 amide bonds. The van der Waals surface area contributed by atoms with Crippen LogP contribution in [0.1, 0.15) is 30.4 Å². The highest BCUT2D eigenvalue weighted by atomic mass is 35.5. The van der Waals surface area contributed by atoms with Crippen molar-refractivity contribution in [2.75, 3.05) is 0 Å². The summed E-state index contributed by atoms with van der Waals surface area (Å²) >= 11 is 5.49. The van der Waals surface area contributed by atoms with E-state index >= 15 is 0 Å². The van der Waals surface area contributed by atoms with Crippen LogP contribution in [0, 0.1) is 0 Å². The molecular weight excluding hydrogens is 233 g/mol. The van der Waals surface area contributed by atoms with Crippen molar-refractivity contribution in [2.24, 2.45) is 7.05 Å². The maximum absolute atomic E-state index is 12.3. The summed E-state index contributed by atoms with van der Waals surface area (Å²) in [6.45, 7) is 1.01. The highest BCUT2D eigenvalue weighted by Crippen LogP contribution is 2.34. The lowest BCUT2D eigenvalue weighted by atomic mass is 10.2. The number of rotatable bonds is 1. The summed E-state index contributed by atoms with van der Waals surface area (Å²) in [7, 11) is 1.24. The van der Waals surface area contributed by atoms with Crippen LogP contribution in [0.5, 0.6) is 0 Å². The minimum absolute atomic E-state index is 0. The number of aromatic nitrogens is 2. The molecule has 1 heterocycles. The monoisotopic (exact) mass is 242 g/mol. The molecule has 7 heteroatoms. The molecule has 3 nitrogen and oxygen atoms in total. The lowest BCUT2D eigenvalue weighted by Gasteiger charge is -2.02. The zero-order valence-electron chi connectivity index (χ0n) is 7.31. The molecule has 0 saturated carbocycles. The minimum atomic E-state index is -4.66. The van der Waals surface area contributed by atoms with Crippen molar-refractivity contribution < 1.29 is 18.0 Å². The maximum Gasteiger partial charge on any atom is 0.435 e. The third-order valence-corrected chi connectivity index (χ3v) is 2.03. The molecule has 0 aromatic carbocycles. The average Bonchev–Trinajstić information content (AvgIpc) is 2.27. The van der Waals surface area contributed by atoms with E-state index in [1.54, 1.807) is 0 Å². The minimum Gasteiger partial charge on any atom is -0.294 e. The van der Waals surface area contributed by atoms with Crippen LogP contribution >= 0.6 is 11.6 Å². The van der Waals surface area contributed by atoms with Gasteiger partial charge in [0.15, 0.2) is 11.5 Å². The number of Topliss-reactive ketones (excluding diaryl/α,β-unsaturated/α-hetero) is 1. The molecule has 0 spiro atoms. The van der Waals surface area contributed by atoms with Crippen molar-refractivity contribution in [3.05, 3.63) is 16.4 Å². The van der Waals surface area contributed by atoms with Crippen LogP contribution < -0.4 is 0 Å². The number of carbonyl (C=O) groups excluding carboxylic acids is 1. The van der Waals surface area contributed by atoms with Crippen molar-refractivity contribution in [3.63, 3.8) is 0 Å². The Hall–Kier alpha value is -1.04. The molecule has 0 radical (unpaired) electrons. The molecule has 0 aliphatic heterocycles. The van der Waals surface area contributed by atoms with Crippen LogP contribution in [0.2, 0.25) is 5.15 Å². The first kappa shape index (κ1) is 14.0. The van der Waals surface area contributed by atoms with Crippen LogP contribution in [0.3, 0.4) is 0 Å². The number of aryl methyl sites for hydroxylation is 1. The van der Waals surface area contributed by atoms with Crippen molar-refractivity contribution in [1.29, 1.82) is 0 Å². The third kappa shape index (κ3) is 2.50. The third-order valence-electron chi connectivity index (χ3n) is 1.60. The molecule has 1 aromatic rings. The van der Waals surface area contributed by atoms with Gasteiger partial charge in [-0.15, -0.1) is 0 Å². The maximum atomic E-state index is 12.3. The van der Waals surface area contributed by atoms with Gasteiger partial charge in [0, 0.05) is 7.05 Å². The summed E-state index contributed by atoms with van der Waals surface area (Å²) in [6.07, 6.45) is -4.66. The first-order valence-corrected chi connectivity index (χ1v) is 3.93. The fraction of sp³-hybridized carbons (Fsp3) is 0.500. The van der Waals surface area contributed by atoms with E-state index in [1.807, 2.05) is 0 Å². The van der Waals surface area contributed by atoms with Crippen LogP contribution in [0.15, 0.2) is 0 Å². The first-order valence-electron chi connectivity index (χ1n) is 3.55. The average molecular weight is 243 g/mol. The summed E-state index contributed by atoms with van der Waals surface area (Å²) in [5, 5.41) is 2.84. The summed E-state index contributed by atoms with van der Waals surface area (Å²) in [5.74, 6) is -0.754. The van der Waals surface area contributed by atoms with Gasteiger partial charge in [0.05, 0.1) is 5.56 Å². The van der Waals surface area contributed by atoms with Gasteiger partial charge in [-0.05, 0) is 6.92 Å². The molecule has 1 rings (SSSR count). The highest BCUT2D eigenvalue weighted by molar-refractivity contribution is 6.33. The van der Waals surface area contributed by atoms with Gasteiger partial charge in [-0.3, -0.25) is 9.48 Å². The van der Waals surface area contributed by atoms with Gasteiger partial charge in [0.2, 0.25) is 0 Å². The topological polar surface area (TPSA) is 34.9 Å². The second-order valence-corrected chi connectivity index (χ2v) is 3.05. The standard InChI is InChI=1S/C7H6ClF3N2O.CH4/c1-3(14)4-5(7(9,10)11)12-13(2)6(4)8;/h1-2H3;1H4. The molecule has 1 aromatic heterocycles. The molecule has 86 valence electrons. The first-order chi connectivity index (χ1) is 6.25. The number of halogens is 4. The Morgan fingerprint density at radius 3 is 2.20 bits per heavy atom. The van der Waals surface area contributed by atoms with E-state index in [9.17, 15) is 18.0 Å². The summed E-state index contributed by atoms with van der Waals surface area (Å²) in [5.41, 5.74) is -1.82. The van der Waals surface area contributed by atoms with E-state index in [-0.39, 0.29) is 12.6 Å². The quantitative estimate of drug-likeness (QED) is 0.710. The molecule has 0 fully saturated rings. The Bertz CT molecular complexity index is 384. The van der Waals surface area contributed by atoms with Crippen LogP contribution in [0.25, 0.3) is 0 Å². The normalized spacial score (nSPS) is 11.1. The van der Waals surface area contributed by atoms with Gasteiger partial charge >= 0.3 is 6.18 Å². The lowest BCUT2D eigenvalue weighted by Crippen LogP contribution is -2.11. The molecule has 0 unspecified atom stereocenters. The number of hydrogen-bond donors (Lipinski definition) is 0. The highest BCUT2D eigenvalue weighted by Gasteiger charge is 2.39. The fourth-order valence-corrected chi connectivity index (χ4v) is 1.27. The number of alkyl halides is 3. The molecule has 15 heavy (non-hydrogen) atoms. The number of carbonyl (C=O) groups is 1. The second kappa shape index (κ2) is 4.22. The number of nitrogens with zero attached hydrogens (tertiary/aromatic N) is 2. The van der Waals surface area contributed by atoms with Gasteiger partial charge in [-0.2, -0.15) is 18.3 Å². The van der Waals surface area contributed by atoms with Crippen LogP contribution in [0.4, 0.5) is 13.2 Å². The smallest absolute Gasteiger partial charge is 0.294 e. The molecule has 0 aliphatic carbocycles. The molecule has 0 aliphatic rings. The van der Waals surface area contributed by atoms with E-state index in [1.165, 1.54) is 7.05 Å². The predicted octanol–water partition coefficient (Wildman–Crippen LogP) is 2.93. The Labute approximate surface area is 89.8 Å². The number of ketones is 1. The van der Waals surface area contributed by atoms with Gasteiger partial charge in [-0.1, -0.05) is 19.0 Å². The fourth-order valence-electron chi connectivity index (χ4n) is 1.01. The van der Waals surface area contributed by atoms with E-state index in [2.05, 4.69) is 5.10 Å². The molecule has 0 atom stereocenters. The molecule has 0 bridgehead atoms. The molecular formula is C8H10ClF3N2O. The Morgan fingerprint density at radius 2 is 1.93 bits per heavy atom. The molecule has 0 saturated heterocycles. The van der Waals surface area contributed by atoms with Crippen LogP contribution in [-0.4, -0.2) is 15.6 Å². The molecule has 0 N–H and O–H groups in total. The van der Waals surface area contributed by atoms with E-state index in [4.69, 9.17) is 11.6 Å². The SMILES string of the molecule is C.CC(=O)c1c(C(F)(F)F)nn(C)c1Cl. The largest absolute Gasteiger partial charge is 0.435 e. The Morgan fingerprint density at radius 1 is 1.47 bits per heavy atom. The van der Waals surface area contributed by atoms with Crippen molar-refractivity contribution >= 4 is 17.4 Å². The van der Waals surface area contributed by atoms with Gasteiger partial charge in [0.1, 0.15) is 5.15 Å². The second-order valence-electron chi connectivity index (χ2n) is 2.69. The zero-order chi connectivity index (χ0) is 11.1. The summed E-state index contributed by atoms with van der Waals surface area (Å²) in [4.78, 5) is 10.9. The van der Waals surface area contributed by atoms with E-state index in [0.717, 1.165) is 11.6 Å². The van der Waals surface area contributed by atoms with Crippen LogP contribution in [-0.2, 0) is 13.2 Å². The van der Waals surface area contributed by atoms with Crippen molar-refractivity contribution in [3.8, 4) is 0 Å². The lowest BCUT2D eigenvalue weighted by molar-refractivity contribution is -0.141. The predicted molar refractivity (Wildman–Crippen MR) is 50.0 cm³/mol. The van der Waals surface area contributed by atoms with Gasteiger partial charge in [-0.25, -0.2) is 0 Å². The zero-order valence-corrected chi connectivity index (χ0v) is 8.07. The van der Waals surface area contributed by atoms with E-state index < -0.39 is 23.2 Å².